The molecule has 31 heavy (non-hydrogen) atoms. The molecule has 0 atom stereocenters. The summed E-state index contributed by atoms with van der Waals surface area (Å²) < 4.78 is 10.4. The minimum atomic E-state index is -0.473. The molecule has 2 aromatic rings. The van der Waals surface area contributed by atoms with Crippen LogP contribution in [-0.4, -0.2) is 36.1 Å². The molecule has 0 aliphatic carbocycles. The lowest BCUT2D eigenvalue weighted by Crippen LogP contribution is -2.49. The first-order chi connectivity index (χ1) is 14.9. The summed E-state index contributed by atoms with van der Waals surface area (Å²) in [5.41, 5.74) is 6.87. The maximum atomic E-state index is 11.9. The Balaban J connectivity index is 1.54. The summed E-state index contributed by atoms with van der Waals surface area (Å²) in [7, 11) is 0. The quantitative estimate of drug-likeness (QED) is 0.309. The molecule has 0 unspecified atom stereocenters. The standard InChI is InChI=1S/C22H25N3O5S/c1-16-7-9-18(10-8-16)30-15-20(27)24-25-22(31)23-19(26)11-12-21(28)29-14-13-17-5-3-2-4-6-17/h2-10H,11-15H2,1H3,(H,24,27)(H2,23,25,26,31). The van der Waals surface area contributed by atoms with Crippen LogP contribution >= 0.6 is 12.2 Å². The Labute approximate surface area is 186 Å². The fourth-order valence-corrected chi connectivity index (χ4v) is 2.55. The van der Waals surface area contributed by atoms with E-state index in [1.54, 1.807) is 12.1 Å². The summed E-state index contributed by atoms with van der Waals surface area (Å²) in [6, 6.07) is 16.9. The molecule has 0 radical (unpaired) electrons. The minimum Gasteiger partial charge on any atom is -0.484 e. The van der Waals surface area contributed by atoms with Crippen molar-refractivity contribution in [3.05, 3.63) is 65.7 Å². The van der Waals surface area contributed by atoms with Crippen LogP contribution in [-0.2, 0) is 25.5 Å². The van der Waals surface area contributed by atoms with Gasteiger partial charge >= 0.3 is 5.97 Å². The molecule has 9 heteroatoms. The number of aryl methyl sites for hydroxylation is 1. The summed E-state index contributed by atoms with van der Waals surface area (Å²) in [6.07, 6.45) is 0.455. The molecule has 2 amide bonds. The van der Waals surface area contributed by atoms with Crippen molar-refractivity contribution in [3.63, 3.8) is 0 Å². The maximum absolute atomic E-state index is 11.9. The first-order valence-corrected chi connectivity index (χ1v) is 10.1. The fraction of sp³-hybridized carbons (Fsp3) is 0.273. The molecule has 164 valence electrons. The van der Waals surface area contributed by atoms with Crippen LogP contribution in [0.1, 0.15) is 24.0 Å². The number of nitrogens with one attached hydrogen (secondary N) is 3. The molecule has 0 saturated carbocycles. The second-order valence-corrected chi connectivity index (χ2v) is 7.02. The normalized spacial score (nSPS) is 9.97. The van der Waals surface area contributed by atoms with E-state index >= 15 is 0 Å². The molecule has 0 aliphatic rings. The van der Waals surface area contributed by atoms with Gasteiger partial charge in [-0.1, -0.05) is 48.0 Å². The highest BCUT2D eigenvalue weighted by Crippen LogP contribution is 2.10. The molecule has 2 rings (SSSR count). The van der Waals surface area contributed by atoms with Crippen molar-refractivity contribution in [1.29, 1.82) is 0 Å². The van der Waals surface area contributed by atoms with Gasteiger partial charge in [-0.2, -0.15) is 0 Å². The molecule has 0 aromatic heterocycles. The lowest BCUT2D eigenvalue weighted by atomic mass is 10.2. The van der Waals surface area contributed by atoms with E-state index in [2.05, 4.69) is 16.2 Å². The van der Waals surface area contributed by atoms with E-state index in [9.17, 15) is 14.4 Å². The van der Waals surface area contributed by atoms with Gasteiger partial charge in [0.1, 0.15) is 5.75 Å². The number of rotatable bonds is 9. The van der Waals surface area contributed by atoms with Gasteiger partial charge in [-0.15, -0.1) is 0 Å². The van der Waals surface area contributed by atoms with Crippen LogP contribution in [0.2, 0.25) is 0 Å². The molecule has 0 saturated heterocycles. The molecule has 0 heterocycles. The molecule has 0 fully saturated rings. The van der Waals surface area contributed by atoms with Crippen molar-refractivity contribution in [2.75, 3.05) is 13.2 Å². The maximum Gasteiger partial charge on any atom is 0.306 e. The third kappa shape index (κ3) is 10.2. The molecule has 3 N–H and O–H groups in total. The summed E-state index contributed by atoms with van der Waals surface area (Å²) in [5, 5.41) is 2.28. The first kappa shape index (κ1) is 23.8. The predicted octanol–water partition coefficient (Wildman–Crippen LogP) is 1.96. The Morgan fingerprint density at radius 3 is 2.32 bits per heavy atom. The zero-order valence-electron chi connectivity index (χ0n) is 17.2. The Morgan fingerprint density at radius 2 is 1.61 bits per heavy atom. The van der Waals surface area contributed by atoms with Crippen molar-refractivity contribution in [2.45, 2.75) is 26.2 Å². The van der Waals surface area contributed by atoms with Crippen LogP contribution < -0.4 is 20.9 Å². The van der Waals surface area contributed by atoms with E-state index in [0.717, 1.165) is 11.1 Å². The number of hydrogen-bond acceptors (Lipinski definition) is 6. The minimum absolute atomic E-state index is 0.0695. The van der Waals surface area contributed by atoms with Crippen LogP contribution in [0, 0.1) is 6.92 Å². The zero-order chi connectivity index (χ0) is 22.5. The van der Waals surface area contributed by atoms with Crippen molar-refractivity contribution >= 4 is 35.1 Å². The monoisotopic (exact) mass is 443 g/mol. The molecular formula is C22H25N3O5S. The van der Waals surface area contributed by atoms with E-state index in [4.69, 9.17) is 21.7 Å². The highest BCUT2D eigenvalue weighted by molar-refractivity contribution is 7.80. The van der Waals surface area contributed by atoms with Gasteiger partial charge in [0.05, 0.1) is 13.0 Å². The van der Waals surface area contributed by atoms with Gasteiger partial charge in [0, 0.05) is 12.8 Å². The highest BCUT2D eigenvalue weighted by atomic mass is 32.1. The van der Waals surface area contributed by atoms with Crippen molar-refractivity contribution in [1.82, 2.24) is 16.2 Å². The van der Waals surface area contributed by atoms with Crippen LogP contribution in [0.15, 0.2) is 54.6 Å². The Hall–Kier alpha value is -3.46. The SMILES string of the molecule is Cc1ccc(OCC(=O)NNC(=S)NC(=O)CCC(=O)OCCc2ccccc2)cc1. The number of ether oxygens (including phenoxy) is 2. The van der Waals surface area contributed by atoms with Gasteiger partial charge in [0.2, 0.25) is 5.91 Å². The third-order valence-corrected chi connectivity index (χ3v) is 4.22. The second kappa shape index (κ2) is 13.0. The van der Waals surface area contributed by atoms with E-state index < -0.39 is 17.8 Å². The number of esters is 1. The number of hydrazine groups is 1. The van der Waals surface area contributed by atoms with E-state index in [0.29, 0.717) is 12.2 Å². The Kier molecular flexibility index (Phi) is 9.96. The fourth-order valence-electron chi connectivity index (χ4n) is 2.38. The summed E-state index contributed by atoms with van der Waals surface area (Å²) in [4.78, 5) is 35.3. The van der Waals surface area contributed by atoms with Gasteiger partial charge in [0.25, 0.3) is 5.91 Å². The molecular weight excluding hydrogens is 418 g/mol. The number of thiocarbonyl (C=S) groups is 1. The van der Waals surface area contributed by atoms with E-state index in [1.165, 1.54) is 0 Å². The Morgan fingerprint density at radius 1 is 0.903 bits per heavy atom. The number of carbonyl (C=O) groups excluding carboxylic acids is 3. The van der Waals surface area contributed by atoms with Gasteiger partial charge in [-0.05, 0) is 36.8 Å². The second-order valence-electron chi connectivity index (χ2n) is 6.61. The van der Waals surface area contributed by atoms with E-state index in [1.807, 2.05) is 49.4 Å². The largest absolute Gasteiger partial charge is 0.484 e. The average molecular weight is 444 g/mol. The topological polar surface area (TPSA) is 106 Å². The first-order valence-electron chi connectivity index (χ1n) is 9.70. The molecule has 8 nitrogen and oxygen atoms in total. The molecule has 0 spiro atoms. The summed E-state index contributed by atoms with van der Waals surface area (Å²) in [6.45, 7) is 1.98. The van der Waals surface area contributed by atoms with Gasteiger partial charge < -0.3 is 14.8 Å². The van der Waals surface area contributed by atoms with Crippen LogP contribution in [0.3, 0.4) is 0 Å². The van der Waals surface area contributed by atoms with Crippen molar-refractivity contribution in [3.8, 4) is 5.75 Å². The van der Waals surface area contributed by atoms with Crippen molar-refractivity contribution in [2.24, 2.45) is 0 Å². The van der Waals surface area contributed by atoms with Gasteiger partial charge in [0.15, 0.2) is 11.7 Å². The Bertz CT molecular complexity index is 888. The van der Waals surface area contributed by atoms with Gasteiger partial charge in [-0.25, -0.2) is 0 Å². The average Bonchev–Trinajstić information content (AvgIpc) is 2.76. The highest BCUT2D eigenvalue weighted by Gasteiger charge is 2.10. The number of carbonyl (C=O) groups is 3. The van der Waals surface area contributed by atoms with Crippen molar-refractivity contribution < 1.29 is 23.9 Å². The van der Waals surface area contributed by atoms with Crippen LogP contribution in [0.5, 0.6) is 5.75 Å². The lowest BCUT2D eigenvalue weighted by molar-refractivity contribution is -0.144. The lowest BCUT2D eigenvalue weighted by Gasteiger charge is -2.11. The number of hydrogen-bond donors (Lipinski definition) is 3. The molecule has 2 aromatic carbocycles. The smallest absolute Gasteiger partial charge is 0.306 e. The third-order valence-electron chi connectivity index (χ3n) is 4.01. The summed E-state index contributed by atoms with van der Waals surface area (Å²) in [5.74, 6) is -0.847. The number of amides is 2. The van der Waals surface area contributed by atoms with E-state index in [-0.39, 0.29) is 31.2 Å². The van der Waals surface area contributed by atoms with Crippen LogP contribution in [0.25, 0.3) is 0 Å². The zero-order valence-corrected chi connectivity index (χ0v) is 18.0. The number of benzene rings is 2. The molecule has 0 aliphatic heterocycles. The predicted molar refractivity (Wildman–Crippen MR) is 119 cm³/mol. The van der Waals surface area contributed by atoms with Crippen LogP contribution in [0.4, 0.5) is 0 Å². The van der Waals surface area contributed by atoms with Gasteiger partial charge in [-0.3, -0.25) is 25.2 Å². The molecule has 0 bridgehead atoms. The summed E-state index contributed by atoms with van der Waals surface area (Å²) >= 11 is 4.93.